The van der Waals surface area contributed by atoms with Crippen molar-refractivity contribution in [1.29, 1.82) is 0 Å². The van der Waals surface area contributed by atoms with Gasteiger partial charge in [-0.05, 0) is 63.2 Å². The number of rotatable bonds is 9. The van der Waals surface area contributed by atoms with Gasteiger partial charge in [0.15, 0.2) is 0 Å². The van der Waals surface area contributed by atoms with Crippen LogP contribution in [0.2, 0.25) is 30.7 Å². The molecule has 0 atom stereocenters. The molecular weight excluding hydrogens is 554 g/mol. The highest BCUT2D eigenvalue weighted by atomic mass is 35.5. The molecular formula is C30H36ClN7O2Si. The number of imidazole rings is 1. The van der Waals surface area contributed by atoms with E-state index in [9.17, 15) is 0 Å². The van der Waals surface area contributed by atoms with Crippen LogP contribution < -0.4 is 10.1 Å². The van der Waals surface area contributed by atoms with Crippen molar-refractivity contribution in [3.8, 4) is 22.8 Å². The highest BCUT2D eigenvalue weighted by Crippen LogP contribution is 2.36. The van der Waals surface area contributed by atoms with Crippen molar-refractivity contribution in [3.63, 3.8) is 0 Å². The summed E-state index contributed by atoms with van der Waals surface area (Å²) in [6, 6.07) is 11.1. The molecule has 1 N–H and O–H groups in total. The van der Waals surface area contributed by atoms with Gasteiger partial charge in [-0.1, -0.05) is 31.2 Å². The van der Waals surface area contributed by atoms with Crippen molar-refractivity contribution in [2.75, 3.05) is 19.7 Å². The quantitative estimate of drug-likeness (QED) is 0.149. The number of benzene rings is 2. The molecule has 1 saturated heterocycles. The third-order valence-corrected chi connectivity index (χ3v) is 9.62. The molecule has 6 rings (SSSR count). The van der Waals surface area contributed by atoms with Crippen LogP contribution in [-0.2, 0) is 11.5 Å². The zero-order valence-corrected chi connectivity index (χ0v) is 25.8. The topological polar surface area (TPSA) is 91.9 Å². The zero-order chi connectivity index (χ0) is 28.6. The number of aryl methyl sites for hydroxylation is 1. The van der Waals surface area contributed by atoms with Gasteiger partial charge in [0, 0.05) is 32.5 Å². The predicted octanol–water partition coefficient (Wildman–Crippen LogP) is 6.83. The summed E-state index contributed by atoms with van der Waals surface area (Å²) in [4.78, 5) is 14.2. The van der Waals surface area contributed by atoms with Crippen LogP contribution in [0.3, 0.4) is 0 Å². The largest absolute Gasteiger partial charge is 0.456 e. The van der Waals surface area contributed by atoms with Crippen LogP contribution in [0.1, 0.15) is 24.7 Å². The number of ether oxygens (including phenoxy) is 2. The first-order valence-corrected chi connectivity index (χ1v) is 18.3. The summed E-state index contributed by atoms with van der Waals surface area (Å²) >= 11 is 6.86. The molecule has 0 unspecified atom stereocenters. The smallest absolute Gasteiger partial charge is 0.148 e. The number of hydrogen-bond donors (Lipinski definition) is 1. The average molecular weight is 590 g/mol. The lowest BCUT2D eigenvalue weighted by molar-refractivity contribution is 0.0885. The maximum absolute atomic E-state index is 6.86. The maximum atomic E-state index is 6.86. The molecule has 0 amide bonds. The second-order valence-corrected chi connectivity index (χ2v) is 17.9. The van der Waals surface area contributed by atoms with Crippen LogP contribution in [0.4, 0.5) is 0 Å². The molecule has 1 aliphatic rings. The summed E-state index contributed by atoms with van der Waals surface area (Å²) in [5, 5.41) is 8.43. The number of halogens is 1. The summed E-state index contributed by atoms with van der Waals surface area (Å²) < 4.78 is 16.4. The fourth-order valence-corrected chi connectivity index (χ4v) is 6.09. The Morgan fingerprint density at radius 3 is 2.66 bits per heavy atom. The van der Waals surface area contributed by atoms with E-state index in [2.05, 4.69) is 45.8 Å². The monoisotopic (exact) mass is 589 g/mol. The molecule has 41 heavy (non-hydrogen) atoms. The molecule has 11 heteroatoms. The number of piperidine rings is 1. The van der Waals surface area contributed by atoms with E-state index in [1.54, 1.807) is 6.20 Å². The van der Waals surface area contributed by atoms with E-state index in [1.165, 1.54) is 0 Å². The highest BCUT2D eigenvalue weighted by Gasteiger charge is 2.18. The molecule has 1 fully saturated rings. The lowest BCUT2D eigenvalue weighted by atomic mass is 10.1. The van der Waals surface area contributed by atoms with Gasteiger partial charge in [0.1, 0.15) is 34.6 Å². The Hall–Kier alpha value is -3.31. The van der Waals surface area contributed by atoms with Crippen molar-refractivity contribution in [2.24, 2.45) is 0 Å². The molecule has 4 heterocycles. The second kappa shape index (κ2) is 11.5. The third-order valence-electron chi connectivity index (χ3n) is 7.55. The van der Waals surface area contributed by atoms with Gasteiger partial charge in [0.25, 0.3) is 0 Å². The molecule has 0 spiro atoms. The van der Waals surface area contributed by atoms with Gasteiger partial charge in [-0.15, -0.1) is 0 Å². The molecule has 9 nitrogen and oxygen atoms in total. The Morgan fingerprint density at radius 1 is 1.05 bits per heavy atom. The van der Waals surface area contributed by atoms with Crippen LogP contribution in [0.5, 0.6) is 11.5 Å². The maximum Gasteiger partial charge on any atom is 0.148 e. The first-order valence-electron chi connectivity index (χ1n) is 14.2. The van der Waals surface area contributed by atoms with Gasteiger partial charge in [-0.25, -0.2) is 9.97 Å². The number of nitrogens with zero attached hydrogens (tertiary/aromatic N) is 6. The minimum absolute atomic E-state index is 0.399. The van der Waals surface area contributed by atoms with E-state index >= 15 is 0 Å². The Balaban J connectivity index is 1.24. The third kappa shape index (κ3) is 6.15. The Kier molecular flexibility index (Phi) is 7.82. The predicted molar refractivity (Wildman–Crippen MR) is 166 cm³/mol. The fourth-order valence-electron chi connectivity index (χ4n) is 5.10. The highest BCUT2D eigenvalue weighted by molar-refractivity contribution is 6.76. The van der Waals surface area contributed by atoms with E-state index in [0.717, 1.165) is 66.7 Å². The lowest BCUT2D eigenvalue weighted by Crippen LogP contribution is -2.29. The number of hydrogen-bond acceptors (Lipinski definition) is 7. The summed E-state index contributed by atoms with van der Waals surface area (Å²) in [6.07, 6.45) is 7.80. The van der Waals surface area contributed by atoms with E-state index in [1.807, 2.05) is 48.1 Å². The van der Waals surface area contributed by atoms with E-state index in [0.29, 0.717) is 40.3 Å². The zero-order valence-electron chi connectivity index (χ0n) is 24.0. The van der Waals surface area contributed by atoms with Crippen molar-refractivity contribution in [1.82, 2.24) is 34.6 Å². The Bertz CT molecular complexity index is 1690. The molecule has 3 aromatic heterocycles. The van der Waals surface area contributed by atoms with Crippen molar-refractivity contribution >= 4 is 41.7 Å². The van der Waals surface area contributed by atoms with Crippen LogP contribution >= 0.6 is 11.6 Å². The van der Waals surface area contributed by atoms with Crippen molar-refractivity contribution in [3.05, 3.63) is 59.8 Å². The number of aromatic nitrogens is 6. The van der Waals surface area contributed by atoms with Crippen LogP contribution in [0.15, 0.2) is 48.9 Å². The molecule has 0 saturated carbocycles. The van der Waals surface area contributed by atoms with Crippen molar-refractivity contribution in [2.45, 2.75) is 58.2 Å². The molecule has 5 aromatic rings. The first kappa shape index (κ1) is 27.8. The van der Waals surface area contributed by atoms with Crippen LogP contribution in [0, 0.1) is 6.92 Å². The standard InChI is InChI=1S/C30H36ClN7O2Si/c1-20-35-24-6-5-23(15-27(24)37(20)19-39-13-14-41(2,3)4)40-28-8-7-25-30(29(28)31)36-26(17-33-25)21-16-34-38(18-21)22-9-11-32-12-10-22/h5-8,15-18,22,32H,9-14,19H2,1-4H3. The SMILES string of the molecule is Cc1nc2ccc(Oc3ccc4ncc(-c5cnn(C6CCNCC6)c5)nc4c3Cl)cc2n1COCC[Si](C)(C)C. The second-order valence-electron chi connectivity index (χ2n) is 11.9. The van der Waals surface area contributed by atoms with Gasteiger partial charge < -0.3 is 19.4 Å². The van der Waals surface area contributed by atoms with Gasteiger partial charge in [0.2, 0.25) is 0 Å². The minimum atomic E-state index is -1.15. The van der Waals surface area contributed by atoms with E-state index in [4.69, 9.17) is 31.0 Å². The van der Waals surface area contributed by atoms with Gasteiger partial charge in [-0.3, -0.25) is 9.67 Å². The summed E-state index contributed by atoms with van der Waals surface area (Å²) in [5.41, 5.74) is 4.80. The molecule has 214 valence electrons. The molecule has 0 radical (unpaired) electrons. The fraction of sp³-hybridized carbons (Fsp3) is 0.400. The van der Waals surface area contributed by atoms with Crippen molar-refractivity contribution < 1.29 is 9.47 Å². The molecule has 0 bridgehead atoms. The average Bonchev–Trinajstić information content (AvgIpc) is 3.57. The normalized spacial score (nSPS) is 14.8. The first-order chi connectivity index (χ1) is 19.7. The molecule has 1 aliphatic heterocycles. The van der Waals surface area contributed by atoms with Crippen LogP contribution in [-0.4, -0.2) is 57.1 Å². The van der Waals surface area contributed by atoms with E-state index in [-0.39, 0.29) is 0 Å². The summed E-state index contributed by atoms with van der Waals surface area (Å²) in [6.45, 7) is 12.3. The number of fused-ring (bicyclic) bond motifs is 2. The molecule has 0 aliphatic carbocycles. The Morgan fingerprint density at radius 2 is 1.85 bits per heavy atom. The number of nitrogens with one attached hydrogen (secondary N) is 1. The lowest BCUT2D eigenvalue weighted by Gasteiger charge is -2.22. The van der Waals surface area contributed by atoms with Gasteiger partial charge in [-0.2, -0.15) is 5.10 Å². The minimum Gasteiger partial charge on any atom is -0.456 e. The summed E-state index contributed by atoms with van der Waals surface area (Å²) in [7, 11) is -1.15. The van der Waals surface area contributed by atoms with Gasteiger partial charge in [0.05, 0.1) is 40.7 Å². The Labute approximate surface area is 245 Å². The van der Waals surface area contributed by atoms with Gasteiger partial charge >= 0.3 is 0 Å². The summed E-state index contributed by atoms with van der Waals surface area (Å²) in [5.74, 6) is 2.08. The van der Waals surface area contributed by atoms with E-state index < -0.39 is 8.07 Å². The van der Waals surface area contributed by atoms with Crippen LogP contribution in [0.25, 0.3) is 33.3 Å². The molecule has 2 aromatic carbocycles.